The van der Waals surface area contributed by atoms with Crippen LogP contribution in [-0.2, 0) is 14.7 Å². The molecule has 0 spiro atoms. The maximum atomic E-state index is 4.97. The number of hydrogen-bond acceptors (Lipinski definition) is 0. The summed E-state index contributed by atoms with van der Waals surface area (Å²) in [5.74, 6) is 0.727. The van der Waals surface area contributed by atoms with Crippen LogP contribution in [0.3, 0.4) is 0 Å². The van der Waals surface area contributed by atoms with Crippen molar-refractivity contribution in [1.82, 2.24) is 0 Å². The summed E-state index contributed by atoms with van der Waals surface area (Å²) < 4.78 is 0. The van der Waals surface area contributed by atoms with Crippen molar-refractivity contribution < 1.29 is 14.7 Å². The van der Waals surface area contributed by atoms with Gasteiger partial charge in [0.05, 0.1) is 0 Å². The van der Waals surface area contributed by atoms with E-state index >= 15 is 0 Å². The van der Waals surface area contributed by atoms with Gasteiger partial charge in [0.2, 0.25) is 0 Å². The first-order valence-electron chi connectivity index (χ1n) is 5.74. The third-order valence-corrected chi connectivity index (χ3v) is 3.25. The number of rotatable bonds is 1. The number of halogens is 3. The van der Waals surface area contributed by atoms with Gasteiger partial charge in [0.25, 0.3) is 0 Å². The first-order valence-corrected chi connectivity index (χ1v) is 12.2. The second-order valence-electron chi connectivity index (χ2n) is 4.15. The molecule has 0 N–H and O–H groups in total. The van der Waals surface area contributed by atoms with E-state index in [0.29, 0.717) is 0 Å². The quantitative estimate of drug-likeness (QED) is 0.429. The van der Waals surface area contributed by atoms with Crippen molar-refractivity contribution in [3.63, 3.8) is 0 Å². The van der Waals surface area contributed by atoms with Crippen molar-refractivity contribution in [2.24, 2.45) is 5.92 Å². The molecule has 90 valence electrons. The van der Waals surface area contributed by atoms with Crippen LogP contribution in [0.4, 0.5) is 0 Å². The molecule has 0 aromatic heterocycles. The van der Waals surface area contributed by atoms with Crippen molar-refractivity contribution in [3.05, 3.63) is 22.8 Å². The van der Waals surface area contributed by atoms with Gasteiger partial charge in [-0.1, -0.05) is 51.9 Å². The molecular weight excluding hydrogens is 298 g/mol. The van der Waals surface area contributed by atoms with Crippen LogP contribution < -0.4 is 0 Å². The van der Waals surface area contributed by atoms with Gasteiger partial charge < -0.3 is 0 Å². The van der Waals surface area contributed by atoms with Gasteiger partial charge in [0.15, 0.2) is 0 Å². The standard InChI is InChI=1S/C12H17.3ClH.Ti/c1-3-10-8-11-6-4-5-7-12(11)9(10)2;;;;/h9H,3-7H2,1-2H3;3*1H;/q-1;;;;+4/p-3. The monoisotopic (exact) mass is 314 g/mol. The summed E-state index contributed by atoms with van der Waals surface area (Å²) in [6, 6.07) is 0. The molecule has 4 heteroatoms. The molecule has 0 aromatic rings. The van der Waals surface area contributed by atoms with Crippen LogP contribution in [0.2, 0.25) is 0 Å². The van der Waals surface area contributed by atoms with Crippen molar-refractivity contribution >= 4 is 27.9 Å². The van der Waals surface area contributed by atoms with Gasteiger partial charge in [0.1, 0.15) is 0 Å². The molecule has 0 nitrogen and oxygen atoms in total. The van der Waals surface area contributed by atoms with Crippen LogP contribution in [-0.4, -0.2) is 0 Å². The molecule has 0 saturated carbocycles. The van der Waals surface area contributed by atoms with Gasteiger partial charge >= 0.3 is 42.6 Å². The molecule has 0 fully saturated rings. The Hall–Kier alpha value is 1.06. The Morgan fingerprint density at radius 3 is 2.31 bits per heavy atom. The average molecular weight is 315 g/mol. The summed E-state index contributed by atoms with van der Waals surface area (Å²) in [6.07, 6.45) is 10.2. The summed E-state index contributed by atoms with van der Waals surface area (Å²) in [5.41, 5.74) is 4.81. The Labute approximate surface area is 116 Å². The van der Waals surface area contributed by atoms with Gasteiger partial charge in [-0.15, -0.1) is 0 Å². The summed E-state index contributed by atoms with van der Waals surface area (Å²) in [6.45, 7) is 4.59. The maximum absolute atomic E-state index is 4.97. The normalized spacial score (nSPS) is 23.3. The van der Waals surface area contributed by atoms with Gasteiger partial charge in [-0.3, -0.25) is 0 Å². The van der Waals surface area contributed by atoms with Crippen LogP contribution >= 0.6 is 27.9 Å². The Balaban J connectivity index is 0.000000280. The van der Waals surface area contributed by atoms with E-state index in [4.69, 9.17) is 27.9 Å². The average Bonchev–Trinajstić information content (AvgIpc) is 2.55. The molecule has 2 rings (SSSR count). The fourth-order valence-corrected chi connectivity index (χ4v) is 2.46. The molecular formula is C12H17Cl3Ti. The van der Waals surface area contributed by atoms with Crippen LogP contribution in [0.5, 0.6) is 0 Å². The van der Waals surface area contributed by atoms with Crippen LogP contribution in [0, 0.1) is 12.0 Å². The summed E-state index contributed by atoms with van der Waals surface area (Å²) in [5, 5.41) is 0. The summed E-state index contributed by atoms with van der Waals surface area (Å²) in [4.78, 5) is 0. The van der Waals surface area contributed by atoms with E-state index in [9.17, 15) is 0 Å². The van der Waals surface area contributed by atoms with Gasteiger partial charge in [-0.2, -0.15) is 5.57 Å². The molecule has 0 radical (unpaired) electrons. The molecule has 2 aliphatic carbocycles. The zero-order valence-electron chi connectivity index (χ0n) is 9.75. The van der Waals surface area contributed by atoms with Crippen molar-refractivity contribution in [1.29, 1.82) is 0 Å². The third kappa shape index (κ3) is 4.39. The topological polar surface area (TPSA) is 0 Å². The van der Waals surface area contributed by atoms with E-state index in [-0.39, 0.29) is 0 Å². The van der Waals surface area contributed by atoms with E-state index in [1.54, 1.807) is 16.7 Å². The zero-order valence-corrected chi connectivity index (χ0v) is 13.6. The Kier molecular flexibility index (Phi) is 7.08. The fraction of sp³-hybridized carbons (Fsp3) is 0.667. The molecule has 0 amide bonds. The molecule has 1 atom stereocenters. The molecule has 16 heavy (non-hydrogen) atoms. The van der Waals surface area contributed by atoms with Crippen LogP contribution in [0.15, 0.2) is 16.7 Å². The van der Waals surface area contributed by atoms with Gasteiger partial charge in [-0.25, -0.2) is 17.2 Å². The van der Waals surface area contributed by atoms with Gasteiger partial charge in [0, 0.05) is 0 Å². The number of hydrogen-bond donors (Lipinski definition) is 0. The zero-order chi connectivity index (χ0) is 12.1. The van der Waals surface area contributed by atoms with E-state index in [1.165, 1.54) is 32.1 Å². The van der Waals surface area contributed by atoms with Crippen molar-refractivity contribution in [3.8, 4) is 0 Å². The fourth-order valence-electron chi connectivity index (χ4n) is 2.46. The van der Waals surface area contributed by atoms with Crippen molar-refractivity contribution in [2.75, 3.05) is 0 Å². The Bertz CT molecular complexity index is 292. The second-order valence-corrected chi connectivity index (χ2v) is 11.9. The van der Waals surface area contributed by atoms with Crippen molar-refractivity contribution in [2.45, 2.75) is 46.0 Å². The predicted octanol–water partition coefficient (Wildman–Crippen LogP) is 5.71. The number of allylic oxidation sites excluding steroid dienone is 4. The van der Waals surface area contributed by atoms with E-state index in [2.05, 4.69) is 19.9 Å². The second kappa shape index (κ2) is 7.49. The predicted molar refractivity (Wildman–Crippen MR) is 69.3 cm³/mol. The molecule has 2 aliphatic rings. The van der Waals surface area contributed by atoms with Gasteiger partial charge in [-0.05, 0) is 0 Å². The Morgan fingerprint density at radius 2 is 1.81 bits per heavy atom. The molecule has 0 bridgehead atoms. The minimum atomic E-state index is -1.92. The first kappa shape index (κ1) is 15.1. The molecule has 1 unspecified atom stereocenters. The summed E-state index contributed by atoms with van der Waals surface area (Å²) >= 11 is -1.92. The minimum absolute atomic E-state index is 0.727. The van der Waals surface area contributed by atoms with E-state index in [0.717, 1.165) is 5.92 Å². The molecule has 0 saturated heterocycles. The Morgan fingerprint density at radius 1 is 1.25 bits per heavy atom. The summed E-state index contributed by atoms with van der Waals surface area (Å²) in [7, 11) is 14.9. The third-order valence-electron chi connectivity index (χ3n) is 3.25. The SMILES string of the molecule is CCC1=[C-]C2=C(CCCC2)C1C.[Cl][Ti+]([Cl])[Cl]. The van der Waals surface area contributed by atoms with Crippen LogP contribution in [0.1, 0.15) is 46.0 Å². The van der Waals surface area contributed by atoms with Crippen LogP contribution in [0.25, 0.3) is 0 Å². The molecule has 0 heterocycles. The van der Waals surface area contributed by atoms with E-state index < -0.39 is 14.7 Å². The van der Waals surface area contributed by atoms with E-state index in [1.807, 2.05) is 0 Å². The molecule has 0 aliphatic heterocycles. The first-order chi connectivity index (χ1) is 7.56. The molecule has 0 aromatic carbocycles.